The number of halogens is 1. The van der Waals surface area contributed by atoms with Gasteiger partial charge in [0.2, 0.25) is 0 Å². The lowest BCUT2D eigenvalue weighted by atomic mass is 10.0. The van der Waals surface area contributed by atoms with Crippen molar-refractivity contribution in [2.45, 2.75) is 34.1 Å². The summed E-state index contributed by atoms with van der Waals surface area (Å²) in [5.74, 6) is 1.50. The van der Waals surface area contributed by atoms with Crippen LogP contribution < -0.4 is 10.1 Å². The minimum absolute atomic E-state index is 0.629. The Kier molecular flexibility index (Phi) is 8.91. The molecule has 0 atom stereocenters. The fourth-order valence-corrected chi connectivity index (χ4v) is 3.55. The van der Waals surface area contributed by atoms with Crippen molar-refractivity contribution in [3.05, 3.63) is 101 Å². The zero-order chi connectivity index (χ0) is 23.6. The lowest BCUT2D eigenvalue weighted by Gasteiger charge is -2.12. The summed E-state index contributed by atoms with van der Waals surface area (Å²) in [5.41, 5.74) is 6.21. The molecule has 0 amide bonds. The van der Waals surface area contributed by atoms with Crippen molar-refractivity contribution >= 4 is 29.2 Å². The van der Waals surface area contributed by atoms with E-state index in [1.807, 2.05) is 50.3 Å². The van der Waals surface area contributed by atoms with Crippen molar-refractivity contribution in [3.63, 3.8) is 0 Å². The molecule has 0 aliphatic heterocycles. The summed E-state index contributed by atoms with van der Waals surface area (Å²) in [6.45, 7) is 8.99. The van der Waals surface area contributed by atoms with Crippen LogP contribution in [0.25, 0.3) is 11.1 Å². The molecule has 0 aliphatic rings. The van der Waals surface area contributed by atoms with Gasteiger partial charge in [-0.1, -0.05) is 67.1 Å². The van der Waals surface area contributed by atoms with E-state index in [1.54, 1.807) is 6.21 Å². The maximum Gasteiger partial charge on any atom is 0.144 e. The summed E-state index contributed by atoms with van der Waals surface area (Å²) in [5, 5.41) is 4.04. The molecule has 0 radical (unpaired) electrons. The molecule has 0 bridgehead atoms. The molecule has 3 aromatic rings. The Morgan fingerprint density at radius 3 is 2.48 bits per heavy atom. The second-order valence-electron chi connectivity index (χ2n) is 7.82. The van der Waals surface area contributed by atoms with Gasteiger partial charge in [-0.3, -0.25) is 4.99 Å². The maximum absolute atomic E-state index is 6.35. The first-order valence-electron chi connectivity index (χ1n) is 11.2. The van der Waals surface area contributed by atoms with Crippen molar-refractivity contribution in [3.8, 4) is 16.9 Å². The fraction of sp³-hybridized carbons (Fsp3) is 0.207. The molecule has 3 rings (SSSR count). The summed E-state index contributed by atoms with van der Waals surface area (Å²) < 4.78 is 6.30. The zero-order valence-corrected chi connectivity index (χ0v) is 20.5. The number of hydrogen-bond acceptors (Lipinski definition) is 3. The molecule has 0 spiro atoms. The minimum Gasteiger partial charge on any atom is -0.456 e. The van der Waals surface area contributed by atoms with Gasteiger partial charge in [0.15, 0.2) is 0 Å². The van der Waals surface area contributed by atoms with Gasteiger partial charge in [0.1, 0.15) is 11.5 Å². The van der Waals surface area contributed by atoms with Gasteiger partial charge in [-0.05, 0) is 79.8 Å². The smallest absolute Gasteiger partial charge is 0.144 e. The van der Waals surface area contributed by atoms with Crippen LogP contribution in [0, 0.1) is 6.92 Å². The second-order valence-corrected chi connectivity index (χ2v) is 8.23. The van der Waals surface area contributed by atoms with Crippen LogP contribution in [0.3, 0.4) is 0 Å². The molecule has 3 aromatic carbocycles. The van der Waals surface area contributed by atoms with Crippen LogP contribution in [0.1, 0.15) is 32.8 Å². The molecule has 0 saturated carbocycles. The molecule has 0 unspecified atom stereocenters. The van der Waals surface area contributed by atoms with Crippen LogP contribution in [0.5, 0.6) is 5.75 Å². The molecule has 0 aromatic heterocycles. The monoisotopic (exact) mass is 458 g/mol. The van der Waals surface area contributed by atoms with Crippen molar-refractivity contribution in [2.24, 2.45) is 4.99 Å². The zero-order valence-electron chi connectivity index (χ0n) is 19.7. The highest BCUT2D eigenvalue weighted by Gasteiger charge is 2.07. The predicted octanol–water partition coefficient (Wildman–Crippen LogP) is 8.77. The number of nitrogens with one attached hydrogen (secondary N) is 1. The first-order valence-corrected chi connectivity index (χ1v) is 11.6. The number of aliphatic imine (C=N–C) groups is 1. The highest BCUT2D eigenvalue weighted by Crippen LogP contribution is 2.30. The van der Waals surface area contributed by atoms with E-state index >= 15 is 0 Å². The van der Waals surface area contributed by atoms with Crippen molar-refractivity contribution in [1.82, 2.24) is 0 Å². The SMILES string of the molecule is CC=CCNc1cccc(-c2cccc(OC(C=Nc3c(C)cccc3Cl)=C(C)CC)c2)c1. The van der Waals surface area contributed by atoms with Gasteiger partial charge in [-0.25, -0.2) is 0 Å². The molecular formula is C29H31ClN2O. The Balaban J connectivity index is 1.85. The Labute approximate surface area is 202 Å². The van der Waals surface area contributed by atoms with Crippen LogP contribution in [0.4, 0.5) is 11.4 Å². The summed E-state index contributed by atoms with van der Waals surface area (Å²) in [7, 11) is 0. The third kappa shape index (κ3) is 6.84. The van der Waals surface area contributed by atoms with Gasteiger partial charge in [0, 0.05) is 12.2 Å². The fourth-order valence-electron chi connectivity index (χ4n) is 3.28. The summed E-state index contributed by atoms with van der Waals surface area (Å²) in [6.07, 6.45) is 6.77. The van der Waals surface area contributed by atoms with Gasteiger partial charge in [0.25, 0.3) is 0 Å². The first-order chi connectivity index (χ1) is 16.0. The summed E-state index contributed by atoms with van der Waals surface area (Å²) in [6, 6.07) is 22.3. The quantitative estimate of drug-likeness (QED) is 0.197. The van der Waals surface area contributed by atoms with Gasteiger partial charge < -0.3 is 10.1 Å². The van der Waals surface area contributed by atoms with Crippen LogP contribution >= 0.6 is 11.6 Å². The van der Waals surface area contributed by atoms with E-state index in [1.165, 1.54) is 0 Å². The summed E-state index contributed by atoms with van der Waals surface area (Å²) in [4.78, 5) is 4.64. The van der Waals surface area contributed by atoms with Crippen molar-refractivity contribution < 1.29 is 4.74 Å². The molecule has 170 valence electrons. The van der Waals surface area contributed by atoms with Gasteiger partial charge in [-0.2, -0.15) is 0 Å². The number of nitrogens with zero attached hydrogens (tertiary/aromatic N) is 1. The standard InChI is InChI=1S/C29H31ClN2O/c1-5-7-17-31-25-14-9-12-23(18-25)24-13-10-15-26(19-24)33-28(21(3)6-2)20-32-29-22(4)11-8-16-27(29)30/h5,7-16,18-20,31H,6,17H2,1-4H3. The number of hydrogen-bond donors (Lipinski definition) is 1. The van der Waals surface area contributed by atoms with Crippen molar-refractivity contribution in [2.75, 3.05) is 11.9 Å². The number of ether oxygens (including phenoxy) is 1. The largest absolute Gasteiger partial charge is 0.456 e. The van der Waals surface area contributed by atoms with E-state index in [-0.39, 0.29) is 0 Å². The molecule has 1 N–H and O–H groups in total. The van der Waals surface area contributed by atoms with E-state index < -0.39 is 0 Å². The molecule has 0 aliphatic carbocycles. The molecule has 4 heteroatoms. The van der Waals surface area contributed by atoms with Gasteiger partial charge in [0.05, 0.1) is 16.9 Å². The molecule has 33 heavy (non-hydrogen) atoms. The number of rotatable bonds is 9. The Morgan fingerprint density at radius 2 is 1.76 bits per heavy atom. The second kappa shape index (κ2) is 12.1. The lowest BCUT2D eigenvalue weighted by Crippen LogP contribution is -2.01. The third-order valence-corrected chi connectivity index (χ3v) is 5.67. The minimum atomic E-state index is 0.629. The van der Waals surface area contributed by atoms with Gasteiger partial charge >= 0.3 is 0 Å². The number of benzene rings is 3. The molecular weight excluding hydrogens is 428 g/mol. The molecule has 0 heterocycles. The lowest BCUT2D eigenvalue weighted by molar-refractivity contribution is 0.449. The number of anilines is 1. The van der Waals surface area contributed by atoms with Crippen LogP contribution in [0.15, 0.2) is 95.2 Å². The molecule has 0 saturated heterocycles. The highest BCUT2D eigenvalue weighted by atomic mass is 35.5. The first kappa shape index (κ1) is 24.3. The average molecular weight is 459 g/mol. The Bertz CT molecular complexity index is 1160. The van der Waals surface area contributed by atoms with E-state index in [0.717, 1.165) is 58.1 Å². The van der Waals surface area contributed by atoms with E-state index in [4.69, 9.17) is 16.3 Å². The summed E-state index contributed by atoms with van der Waals surface area (Å²) >= 11 is 6.35. The molecule has 3 nitrogen and oxygen atoms in total. The third-order valence-electron chi connectivity index (χ3n) is 5.37. The number of allylic oxidation sites excluding steroid dienone is 3. The topological polar surface area (TPSA) is 33.6 Å². The van der Waals surface area contributed by atoms with Gasteiger partial charge in [-0.15, -0.1) is 0 Å². The van der Waals surface area contributed by atoms with Crippen molar-refractivity contribution in [1.29, 1.82) is 0 Å². The van der Waals surface area contributed by atoms with E-state index in [0.29, 0.717) is 5.02 Å². The van der Waals surface area contributed by atoms with Crippen LogP contribution in [0.2, 0.25) is 5.02 Å². The average Bonchev–Trinajstić information content (AvgIpc) is 2.83. The maximum atomic E-state index is 6.35. The Hall–Kier alpha value is -3.30. The number of aryl methyl sites for hydroxylation is 1. The van der Waals surface area contributed by atoms with Crippen LogP contribution in [-0.2, 0) is 0 Å². The normalized spacial score (nSPS) is 12.3. The number of para-hydroxylation sites is 1. The molecule has 0 fully saturated rings. The van der Waals surface area contributed by atoms with Crippen LogP contribution in [-0.4, -0.2) is 12.8 Å². The van der Waals surface area contributed by atoms with E-state index in [9.17, 15) is 0 Å². The highest BCUT2D eigenvalue weighted by molar-refractivity contribution is 6.33. The Morgan fingerprint density at radius 1 is 1.03 bits per heavy atom. The predicted molar refractivity (Wildman–Crippen MR) is 143 cm³/mol. The van der Waals surface area contributed by atoms with E-state index in [2.05, 4.69) is 66.6 Å².